The summed E-state index contributed by atoms with van der Waals surface area (Å²) in [6.45, 7) is 5.17. The topological polar surface area (TPSA) is 52.0 Å². The molecule has 0 saturated carbocycles. The van der Waals surface area contributed by atoms with Crippen LogP contribution in [0.5, 0.6) is 0 Å². The minimum Gasteiger partial charge on any atom is -0.330 e. The molecule has 0 aliphatic heterocycles. The molecule has 0 aliphatic rings. The molecule has 0 saturated heterocycles. The van der Waals surface area contributed by atoms with Gasteiger partial charge in [-0.25, -0.2) is 0 Å². The lowest BCUT2D eigenvalue weighted by Gasteiger charge is -2.13. The summed E-state index contributed by atoms with van der Waals surface area (Å²) in [5, 5.41) is 0. The van der Waals surface area contributed by atoms with Crippen molar-refractivity contribution in [1.82, 2.24) is 0 Å². The highest BCUT2D eigenvalue weighted by Crippen LogP contribution is 2.20. The molecule has 0 amide bonds. The van der Waals surface area contributed by atoms with Gasteiger partial charge in [0.05, 0.1) is 0 Å². The van der Waals surface area contributed by atoms with Crippen molar-refractivity contribution in [2.24, 2.45) is 11.5 Å². The van der Waals surface area contributed by atoms with Crippen molar-refractivity contribution in [3.05, 3.63) is 35.4 Å². The second-order valence-electron chi connectivity index (χ2n) is 4.71. The van der Waals surface area contributed by atoms with Gasteiger partial charge >= 0.3 is 0 Å². The van der Waals surface area contributed by atoms with Crippen molar-refractivity contribution < 1.29 is 0 Å². The summed E-state index contributed by atoms with van der Waals surface area (Å²) < 4.78 is 0. The Labute approximate surface area is 99.0 Å². The van der Waals surface area contributed by atoms with Crippen LogP contribution < -0.4 is 11.5 Å². The predicted molar refractivity (Wildman–Crippen MR) is 70.4 cm³/mol. The molecule has 1 aromatic carbocycles. The maximum absolute atomic E-state index is 6.12. The first-order chi connectivity index (χ1) is 7.65. The van der Waals surface area contributed by atoms with Crippen molar-refractivity contribution in [3.8, 4) is 0 Å². The van der Waals surface area contributed by atoms with Gasteiger partial charge in [-0.1, -0.05) is 44.5 Å². The number of rotatable bonds is 6. The second-order valence-corrected chi connectivity index (χ2v) is 4.71. The van der Waals surface area contributed by atoms with Crippen LogP contribution >= 0.6 is 0 Å². The van der Waals surface area contributed by atoms with E-state index < -0.39 is 0 Å². The summed E-state index contributed by atoms with van der Waals surface area (Å²) in [7, 11) is 0. The maximum atomic E-state index is 6.12. The Morgan fingerprint density at radius 1 is 1.00 bits per heavy atom. The molecule has 16 heavy (non-hydrogen) atoms. The van der Waals surface area contributed by atoms with Crippen LogP contribution in [0.1, 0.15) is 56.2 Å². The third-order valence-corrected chi connectivity index (χ3v) is 3.00. The average molecular weight is 220 g/mol. The van der Waals surface area contributed by atoms with Crippen LogP contribution in [-0.4, -0.2) is 6.54 Å². The van der Waals surface area contributed by atoms with Crippen molar-refractivity contribution in [1.29, 1.82) is 0 Å². The fourth-order valence-electron chi connectivity index (χ4n) is 1.80. The normalized spacial score (nSPS) is 13.1. The van der Waals surface area contributed by atoms with E-state index in [0.717, 1.165) is 25.8 Å². The molecule has 0 fully saturated rings. The Morgan fingerprint density at radius 2 is 1.56 bits per heavy atom. The number of benzene rings is 1. The van der Waals surface area contributed by atoms with Crippen LogP contribution in [0.4, 0.5) is 0 Å². The zero-order valence-electron chi connectivity index (χ0n) is 10.4. The van der Waals surface area contributed by atoms with Crippen LogP contribution in [0.3, 0.4) is 0 Å². The van der Waals surface area contributed by atoms with Crippen LogP contribution in [0, 0.1) is 0 Å². The van der Waals surface area contributed by atoms with E-state index in [4.69, 9.17) is 11.5 Å². The van der Waals surface area contributed by atoms with Crippen molar-refractivity contribution in [3.63, 3.8) is 0 Å². The van der Waals surface area contributed by atoms with Gasteiger partial charge in [0.25, 0.3) is 0 Å². The van der Waals surface area contributed by atoms with Gasteiger partial charge in [0, 0.05) is 6.04 Å². The van der Waals surface area contributed by atoms with Gasteiger partial charge in [-0.15, -0.1) is 0 Å². The number of hydrogen-bond acceptors (Lipinski definition) is 2. The van der Waals surface area contributed by atoms with Crippen molar-refractivity contribution in [2.75, 3.05) is 6.54 Å². The Morgan fingerprint density at radius 3 is 2.06 bits per heavy atom. The summed E-state index contributed by atoms with van der Waals surface area (Å²) >= 11 is 0. The molecule has 0 aromatic heterocycles. The molecule has 0 spiro atoms. The SMILES string of the molecule is CC(C)c1ccc([C@H](N)CCCCN)cc1. The van der Waals surface area contributed by atoms with Gasteiger partial charge in [-0.3, -0.25) is 0 Å². The Bertz CT molecular complexity index is 290. The number of nitrogens with two attached hydrogens (primary N) is 2. The molecule has 0 heterocycles. The molecule has 2 nitrogen and oxygen atoms in total. The minimum atomic E-state index is 0.160. The highest BCUT2D eigenvalue weighted by Gasteiger charge is 2.06. The van der Waals surface area contributed by atoms with Crippen LogP contribution in [-0.2, 0) is 0 Å². The Kier molecular flexibility index (Phi) is 5.50. The fraction of sp³-hybridized carbons (Fsp3) is 0.571. The van der Waals surface area contributed by atoms with Gasteiger partial charge in [-0.05, 0) is 36.4 Å². The summed E-state index contributed by atoms with van der Waals surface area (Å²) in [6.07, 6.45) is 3.21. The fourth-order valence-corrected chi connectivity index (χ4v) is 1.80. The highest BCUT2D eigenvalue weighted by atomic mass is 14.6. The standard InChI is InChI=1S/C14H24N2/c1-11(2)12-6-8-13(9-7-12)14(16)5-3-4-10-15/h6-9,11,14H,3-5,10,15-16H2,1-2H3/t14-/m1/s1. The molecule has 0 radical (unpaired) electrons. The van der Waals surface area contributed by atoms with Crippen molar-refractivity contribution >= 4 is 0 Å². The van der Waals surface area contributed by atoms with E-state index in [1.54, 1.807) is 0 Å². The number of unbranched alkanes of at least 4 members (excludes halogenated alkanes) is 1. The largest absolute Gasteiger partial charge is 0.330 e. The summed E-state index contributed by atoms with van der Waals surface area (Å²) in [5.74, 6) is 0.586. The third-order valence-electron chi connectivity index (χ3n) is 3.00. The minimum absolute atomic E-state index is 0.160. The molecule has 1 atom stereocenters. The summed E-state index contributed by atoms with van der Waals surface area (Å²) in [6, 6.07) is 8.84. The van der Waals surface area contributed by atoms with Crippen LogP contribution in [0.15, 0.2) is 24.3 Å². The summed E-state index contributed by atoms with van der Waals surface area (Å²) in [5.41, 5.74) is 14.2. The zero-order chi connectivity index (χ0) is 12.0. The third kappa shape index (κ3) is 3.95. The molecular weight excluding hydrogens is 196 g/mol. The summed E-state index contributed by atoms with van der Waals surface area (Å²) in [4.78, 5) is 0. The lowest BCUT2D eigenvalue weighted by Crippen LogP contribution is -2.11. The molecular formula is C14H24N2. The van der Waals surface area contributed by atoms with E-state index in [9.17, 15) is 0 Å². The number of hydrogen-bond donors (Lipinski definition) is 2. The van der Waals surface area contributed by atoms with Crippen LogP contribution in [0.2, 0.25) is 0 Å². The zero-order valence-corrected chi connectivity index (χ0v) is 10.4. The molecule has 2 heteroatoms. The first-order valence-electron chi connectivity index (χ1n) is 6.20. The lowest BCUT2D eigenvalue weighted by atomic mass is 9.97. The van der Waals surface area contributed by atoms with E-state index >= 15 is 0 Å². The van der Waals surface area contributed by atoms with Crippen LogP contribution in [0.25, 0.3) is 0 Å². The van der Waals surface area contributed by atoms with Gasteiger partial charge in [0.1, 0.15) is 0 Å². The molecule has 90 valence electrons. The van der Waals surface area contributed by atoms with Crippen molar-refractivity contribution in [2.45, 2.75) is 45.1 Å². The Hall–Kier alpha value is -0.860. The predicted octanol–water partition coefficient (Wildman–Crippen LogP) is 2.94. The first-order valence-corrected chi connectivity index (χ1v) is 6.20. The van der Waals surface area contributed by atoms with Gasteiger partial charge in [0.2, 0.25) is 0 Å². The van der Waals surface area contributed by atoms with E-state index in [1.807, 2.05) is 0 Å². The average Bonchev–Trinajstić information content (AvgIpc) is 2.29. The van der Waals surface area contributed by atoms with E-state index in [2.05, 4.69) is 38.1 Å². The van der Waals surface area contributed by atoms with E-state index in [-0.39, 0.29) is 6.04 Å². The first kappa shape index (κ1) is 13.2. The molecule has 1 rings (SSSR count). The highest BCUT2D eigenvalue weighted by molar-refractivity contribution is 5.26. The Balaban J connectivity index is 2.52. The van der Waals surface area contributed by atoms with E-state index in [1.165, 1.54) is 11.1 Å². The van der Waals surface area contributed by atoms with Gasteiger partial charge in [-0.2, -0.15) is 0 Å². The molecule has 0 bridgehead atoms. The lowest BCUT2D eigenvalue weighted by molar-refractivity contribution is 0.591. The van der Waals surface area contributed by atoms with Gasteiger partial charge < -0.3 is 11.5 Å². The smallest absolute Gasteiger partial charge is 0.0294 e. The second kappa shape index (κ2) is 6.66. The monoisotopic (exact) mass is 220 g/mol. The molecule has 0 aliphatic carbocycles. The maximum Gasteiger partial charge on any atom is 0.0294 e. The quantitative estimate of drug-likeness (QED) is 0.724. The van der Waals surface area contributed by atoms with E-state index in [0.29, 0.717) is 5.92 Å². The molecule has 4 N–H and O–H groups in total. The molecule has 1 aromatic rings. The van der Waals surface area contributed by atoms with Gasteiger partial charge in [0.15, 0.2) is 0 Å². The molecule has 0 unspecified atom stereocenters.